The van der Waals surface area contributed by atoms with Gasteiger partial charge in [0.25, 0.3) is 0 Å². The van der Waals surface area contributed by atoms with Gasteiger partial charge < -0.3 is 10.1 Å². The molecule has 0 saturated heterocycles. The van der Waals surface area contributed by atoms with Crippen LogP contribution in [0.2, 0.25) is 0 Å². The van der Waals surface area contributed by atoms with E-state index in [-0.39, 0.29) is 5.70 Å². The van der Waals surface area contributed by atoms with E-state index in [0.717, 1.165) is 0 Å². The van der Waals surface area contributed by atoms with Crippen LogP contribution >= 0.6 is 0 Å². The normalized spacial score (nSPS) is 14.5. The summed E-state index contributed by atoms with van der Waals surface area (Å²) in [5, 5.41) is 2.77. The van der Waals surface area contributed by atoms with Crippen LogP contribution in [0.25, 0.3) is 0 Å². The van der Waals surface area contributed by atoms with Crippen LogP contribution in [0.1, 0.15) is 27.2 Å². The summed E-state index contributed by atoms with van der Waals surface area (Å²) in [5.41, 5.74) is 4.97. The lowest BCUT2D eigenvalue weighted by molar-refractivity contribution is -0.153. The first-order valence-electron chi connectivity index (χ1n) is 4.38. The SMILES string of the molecule is C=C(NCC)C(=O)OC(C)(N)CC. The second-order valence-electron chi connectivity index (χ2n) is 3.06. The average molecular weight is 186 g/mol. The number of rotatable bonds is 5. The van der Waals surface area contributed by atoms with E-state index in [9.17, 15) is 4.79 Å². The Kier molecular flexibility index (Phi) is 4.48. The zero-order valence-electron chi connectivity index (χ0n) is 8.52. The van der Waals surface area contributed by atoms with E-state index < -0.39 is 11.7 Å². The summed E-state index contributed by atoms with van der Waals surface area (Å²) in [5.74, 6) is -0.492. The van der Waals surface area contributed by atoms with Crippen LogP contribution in [-0.4, -0.2) is 18.2 Å². The molecule has 0 aromatic rings. The van der Waals surface area contributed by atoms with Crippen molar-refractivity contribution in [2.45, 2.75) is 32.9 Å². The molecule has 0 bridgehead atoms. The van der Waals surface area contributed by atoms with Gasteiger partial charge in [-0.15, -0.1) is 0 Å². The van der Waals surface area contributed by atoms with Gasteiger partial charge in [0.15, 0.2) is 5.72 Å². The van der Waals surface area contributed by atoms with E-state index in [4.69, 9.17) is 10.5 Å². The first-order chi connectivity index (χ1) is 5.93. The minimum Gasteiger partial charge on any atom is -0.440 e. The molecule has 0 saturated carbocycles. The van der Waals surface area contributed by atoms with Gasteiger partial charge >= 0.3 is 5.97 Å². The van der Waals surface area contributed by atoms with Crippen LogP contribution in [0.4, 0.5) is 0 Å². The Bertz CT molecular complexity index is 200. The van der Waals surface area contributed by atoms with Gasteiger partial charge in [-0.25, -0.2) is 4.79 Å². The molecule has 0 aliphatic heterocycles. The molecule has 1 unspecified atom stereocenters. The van der Waals surface area contributed by atoms with Crippen molar-refractivity contribution in [3.05, 3.63) is 12.3 Å². The fourth-order valence-corrected chi connectivity index (χ4v) is 0.631. The summed E-state index contributed by atoms with van der Waals surface area (Å²) in [6, 6.07) is 0. The highest BCUT2D eigenvalue weighted by molar-refractivity contribution is 5.87. The highest BCUT2D eigenvalue weighted by Crippen LogP contribution is 2.08. The fourth-order valence-electron chi connectivity index (χ4n) is 0.631. The molecule has 4 nitrogen and oxygen atoms in total. The van der Waals surface area contributed by atoms with Gasteiger partial charge in [0.2, 0.25) is 0 Å². The monoisotopic (exact) mass is 186 g/mol. The van der Waals surface area contributed by atoms with E-state index in [1.807, 2.05) is 13.8 Å². The molecular weight excluding hydrogens is 168 g/mol. The Morgan fingerprint density at radius 2 is 2.15 bits per heavy atom. The van der Waals surface area contributed by atoms with E-state index in [1.54, 1.807) is 6.92 Å². The molecule has 0 spiro atoms. The van der Waals surface area contributed by atoms with Crippen molar-refractivity contribution in [2.75, 3.05) is 6.54 Å². The molecule has 0 radical (unpaired) electrons. The highest BCUT2D eigenvalue weighted by Gasteiger charge is 2.22. The Morgan fingerprint density at radius 1 is 1.62 bits per heavy atom. The Labute approximate surface area is 79.1 Å². The smallest absolute Gasteiger partial charge is 0.355 e. The summed E-state index contributed by atoms with van der Waals surface area (Å²) < 4.78 is 4.98. The summed E-state index contributed by atoms with van der Waals surface area (Å²) in [7, 11) is 0. The average Bonchev–Trinajstić information content (AvgIpc) is 2.04. The summed E-state index contributed by atoms with van der Waals surface area (Å²) in [4.78, 5) is 11.2. The molecule has 76 valence electrons. The van der Waals surface area contributed by atoms with Crippen LogP contribution in [0.15, 0.2) is 12.3 Å². The molecule has 0 aromatic heterocycles. The Morgan fingerprint density at radius 3 is 2.54 bits per heavy atom. The van der Waals surface area contributed by atoms with Gasteiger partial charge in [-0.3, -0.25) is 5.73 Å². The molecule has 1 atom stereocenters. The zero-order valence-corrected chi connectivity index (χ0v) is 8.52. The second kappa shape index (κ2) is 4.87. The van der Waals surface area contributed by atoms with E-state index >= 15 is 0 Å². The van der Waals surface area contributed by atoms with Crippen molar-refractivity contribution in [3.8, 4) is 0 Å². The van der Waals surface area contributed by atoms with Gasteiger partial charge in [0.05, 0.1) is 0 Å². The zero-order chi connectivity index (χ0) is 10.5. The number of hydrogen-bond donors (Lipinski definition) is 2. The fraction of sp³-hybridized carbons (Fsp3) is 0.667. The number of nitrogens with one attached hydrogen (secondary N) is 1. The summed E-state index contributed by atoms with van der Waals surface area (Å²) in [6.07, 6.45) is 0.568. The largest absolute Gasteiger partial charge is 0.440 e. The molecule has 13 heavy (non-hydrogen) atoms. The molecule has 3 N–H and O–H groups in total. The van der Waals surface area contributed by atoms with Gasteiger partial charge in [-0.1, -0.05) is 13.5 Å². The third-order valence-corrected chi connectivity index (χ3v) is 1.66. The topological polar surface area (TPSA) is 64.3 Å². The summed E-state index contributed by atoms with van der Waals surface area (Å²) in [6.45, 7) is 9.54. The lowest BCUT2D eigenvalue weighted by Gasteiger charge is -2.23. The molecule has 0 aromatic carbocycles. The molecule has 0 fully saturated rings. The quantitative estimate of drug-likeness (QED) is 0.377. The van der Waals surface area contributed by atoms with Crippen molar-refractivity contribution in [3.63, 3.8) is 0 Å². The molecule has 4 heteroatoms. The minimum atomic E-state index is -0.907. The Hall–Kier alpha value is -1.03. The van der Waals surface area contributed by atoms with Crippen molar-refractivity contribution < 1.29 is 9.53 Å². The summed E-state index contributed by atoms with van der Waals surface area (Å²) >= 11 is 0. The minimum absolute atomic E-state index is 0.243. The first-order valence-corrected chi connectivity index (χ1v) is 4.38. The third kappa shape index (κ3) is 4.52. The molecule has 0 aliphatic carbocycles. The molecular formula is C9H18N2O2. The number of carbonyl (C=O) groups is 1. The van der Waals surface area contributed by atoms with E-state index in [2.05, 4.69) is 11.9 Å². The maximum atomic E-state index is 11.2. The highest BCUT2D eigenvalue weighted by atomic mass is 16.6. The first kappa shape index (κ1) is 12.0. The van der Waals surface area contributed by atoms with E-state index in [1.165, 1.54) is 0 Å². The van der Waals surface area contributed by atoms with Gasteiger partial charge in [-0.05, 0) is 20.3 Å². The number of hydrogen-bond acceptors (Lipinski definition) is 4. The standard InChI is InChI=1S/C9H18N2O2/c1-5-9(4,10)13-8(12)7(3)11-6-2/h11H,3,5-6,10H2,1-2,4H3. The lowest BCUT2D eigenvalue weighted by atomic mass is 10.2. The number of nitrogens with two attached hydrogens (primary N) is 1. The number of carbonyl (C=O) groups excluding carboxylic acids is 1. The second-order valence-corrected chi connectivity index (χ2v) is 3.06. The van der Waals surface area contributed by atoms with Gasteiger partial charge in [-0.2, -0.15) is 0 Å². The maximum Gasteiger partial charge on any atom is 0.355 e. The predicted octanol–water partition coefficient (Wildman–Crippen LogP) is 0.738. The van der Waals surface area contributed by atoms with E-state index in [0.29, 0.717) is 13.0 Å². The Balaban J connectivity index is 4.07. The molecule has 0 rings (SSSR count). The van der Waals surface area contributed by atoms with Crippen LogP contribution < -0.4 is 11.1 Å². The maximum absolute atomic E-state index is 11.2. The van der Waals surface area contributed by atoms with Gasteiger partial charge in [0, 0.05) is 6.54 Å². The molecule has 0 amide bonds. The van der Waals surface area contributed by atoms with Crippen molar-refractivity contribution >= 4 is 5.97 Å². The van der Waals surface area contributed by atoms with Crippen LogP contribution in [-0.2, 0) is 9.53 Å². The number of ether oxygens (including phenoxy) is 1. The molecule has 0 aliphatic rings. The van der Waals surface area contributed by atoms with Crippen molar-refractivity contribution in [2.24, 2.45) is 5.73 Å². The van der Waals surface area contributed by atoms with Crippen LogP contribution in [0.5, 0.6) is 0 Å². The van der Waals surface area contributed by atoms with Crippen molar-refractivity contribution in [1.82, 2.24) is 5.32 Å². The lowest BCUT2D eigenvalue weighted by Crippen LogP contribution is -2.42. The van der Waals surface area contributed by atoms with Crippen molar-refractivity contribution in [1.29, 1.82) is 0 Å². The van der Waals surface area contributed by atoms with Crippen LogP contribution in [0.3, 0.4) is 0 Å². The third-order valence-electron chi connectivity index (χ3n) is 1.66. The molecule has 0 heterocycles. The van der Waals surface area contributed by atoms with Crippen LogP contribution in [0, 0.1) is 0 Å². The van der Waals surface area contributed by atoms with Gasteiger partial charge in [0.1, 0.15) is 5.70 Å². The number of esters is 1. The predicted molar refractivity (Wildman–Crippen MR) is 51.8 cm³/mol. The number of likely N-dealkylation sites (N-methyl/N-ethyl adjacent to an activating group) is 1.